The zero-order chi connectivity index (χ0) is 13.7. The summed E-state index contributed by atoms with van der Waals surface area (Å²) in [6.07, 6.45) is 4.77. The molecule has 1 unspecified atom stereocenters. The van der Waals surface area contributed by atoms with E-state index in [9.17, 15) is 0 Å². The van der Waals surface area contributed by atoms with Crippen molar-refractivity contribution >= 4 is 10.8 Å². The molecule has 0 spiro atoms. The first-order chi connectivity index (χ1) is 9.24. The van der Waals surface area contributed by atoms with Crippen LogP contribution >= 0.6 is 0 Å². The minimum Gasteiger partial charge on any atom is -0.497 e. The number of benzene rings is 2. The van der Waals surface area contributed by atoms with Crippen molar-refractivity contribution in [2.24, 2.45) is 5.73 Å². The average Bonchev–Trinajstić information content (AvgIpc) is 2.46. The van der Waals surface area contributed by atoms with Crippen LogP contribution < -0.4 is 10.5 Å². The number of nitrogens with two attached hydrogens (primary N) is 1. The highest BCUT2D eigenvalue weighted by Crippen LogP contribution is 2.25. The van der Waals surface area contributed by atoms with Gasteiger partial charge in [-0.15, -0.1) is 0 Å². The lowest BCUT2D eigenvalue weighted by Gasteiger charge is -2.13. The highest BCUT2D eigenvalue weighted by Gasteiger charge is 2.06. The fourth-order valence-corrected chi connectivity index (χ4v) is 2.38. The standard InChI is InChI=1S/C17H23NO/c1-3-4-5-6-17(18)15-8-7-14-12-16(19-2)10-9-13(14)11-15/h7-12,17H,3-6,18H2,1-2H3. The second kappa shape index (κ2) is 6.58. The van der Waals surface area contributed by atoms with Crippen LogP contribution in [0.5, 0.6) is 5.75 Å². The zero-order valence-corrected chi connectivity index (χ0v) is 11.9. The van der Waals surface area contributed by atoms with E-state index in [4.69, 9.17) is 10.5 Å². The molecule has 19 heavy (non-hydrogen) atoms. The van der Waals surface area contributed by atoms with Gasteiger partial charge in [0.2, 0.25) is 0 Å². The summed E-state index contributed by atoms with van der Waals surface area (Å²) in [6, 6.07) is 12.8. The van der Waals surface area contributed by atoms with Gasteiger partial charge in [0.15, 0.2) is 0 Å². The van der Waals surface area contributed by atoms with Crippen molar-refractivity contribution in [2.75, 3.05) is 7.11 Å². The minimum absolute atomic E-state index is 0.151. The molecule has 0 aliphatic heterocycles. The number of methoxy groups -OCH3 is 1. The van der Waals surface area contributed by atoms with Crippen LogP contribution in [0, 0.1) is 0 Å². The number of fused-ring (bicyclic) bond motifs is 1. The van der Waals surface area contributed by atoms with Crippen molar-refractivity contribution in [2.45, 2.75) is 38.6 Å². The molecule has 2 heteroatoms. The largest absolute Gasteiger partial charge is 0.497 e. The van der Waals surface area contributed by atoms with Crippen molar-refractivity contribution in [3.05, 3.63) is 42.0 Å². The zero-order valence-electron chi connectivity index (χ0n) is 11.9. The summed E-state index contributed by atoms with van der Waals surface area (Å²) in [5.41, 5.74) is 7.49. The molecule has 2 rings (SSSR count). The molecule has 0 aromatic heterocycles. The molecule has 0 fully saturated rings. The van der Waals surface area contributed by atoms with Gasteiger partial charge < -0.3 is 10.5 Å². The fourth-order valence-electron chi connectivity index (χ4n) is 2.38. The molecular formula is C17H23NO. The van der Waals surface area contributed by atoms with E-state index >= 15 is 0 Å². The molecule has 102 valence electrons. The number of ether oxygens (including phenoxy) is 1. The third-order valence-corrected chi connectivity index (χ3v) is 3.62. The van der Waals surface area contributed by atoms with Gasteiger partial charge in [-0.3, -0.25) is 0 Å². The molecule has 0 saturated heterocycles. The molecule has 0 aliphatic rings. The second-order valence-corrected chi connectivity index (χ2v) is 5.07. The van der Waals surface area contributed by atoms with Crippen molar-refractivity contribution in [1.82, 2.24) is 0 Å². The topological polar surface area (TPSA) is 35.2 Å². The van der Waals surface area contributed by atoms with Gasteiger partial charge in [-0.05, 0) is 41.0 Å². The van der Waals surface area contributed by atoms with Gasteiger partial charge in [0, 0.05) is 6.04 Å². The molecule has 2 aromatic rings. The lowest BCUT2D eigenvalue weighted by Crippen LogP contribution is -2.09. The number of unbranched alkanes of at least 4 members (excludes halogenated alkanes) is 2. The summed E-state index contributed by atoms with van der Waals surface area (Å²) in [6.45, 7) is 2.22. The third-order valence-electron chi connectivity index (χ3n) is 3.62. The maximum absolute atomic E-state index is 6.26. The Bertz CT molecular complexity index is 536. The molecule has 1 atom stereocenters. The molecule has 0 aliphatic carbocycles. The van der Waals surface area contributed by atoms with Crippen LogP contribution in [-0.2, 0) is 0 Å². The predicted octanol–water partition coefficient (Wildman–Crippen LogP) is 4.43. The van der Waals surface area contributed by atoms with Crippen molar-refractivity contribution in [3.8, 4) is 5.75 Å². The quantitative estimate of drug-likeness (QED) is 0.777. The van der Waals surface area contributed by atoms with E-state index in [1.807, 2.05) is 6.07 Å². The van der Waals surface area contributed by atoms with Gasteiger partial charge >= 0.3 is 0 Å². The third kappa shape index (κ3) is 3.48. The van der Waals surface area contributed by atoms with Crippen LogP contribution in [0.4, 0.5) is 0 Å². The number of hydrogen-bond donors (Lipinski definition) is 1. The van der Waals surface area contributed by atoms with Gasteiger partial charge in [0.05, 0.1) is 7.11 Å². The summed E-state index contributed by atoms with van der Waals surface area (Å²) in [7, 11) is 1.69. The fraction of sp³-hybridized carbons (Fsp3) is 0.412. The lowest BCUT2D eigenvalue weighted by atomic mass is 9.98. The van der Waals surface area contributed by atoms with Gasteiger partial charge in [-0.1, -0.05) is 44.4 Å². The molecule has 0 saturated carbocycles. The summed E-state index contributed by atoms with van der Waals surface area (Å²) >= 11 is 0. The molecular weight excluding hydrogens is 234 g/mol. The number of rotatable bonds is 6. The Balaban J connectivity index is 2.16. The van der Waals surface area contributed by atoms with Crippen LogP contribution in [0.15, 0.2) is 36.4 Å². The summed E-state index contributed by atoms with van der Waals surface area (Å²) in [4.78, 5) is 0. The van der Waals surface area contributed by atoms with Crippen molar-refractivity contribution in [3.63, 3.8) is 0 Å². The molecule has 2 N–H and O–H groups in total. The predicted molar refractivity (Wildman–Crippen MR) is 81.6 cm³/mol. The number of hydrogen-bond acceptors (Lipinski definition) is 2. The first-order valence-corrected chi connectivity index (χ1v) is 7.08. The average molecular weight is 257 g/mol. The van der Waals surface area contributed by atoms with E-state index in [0.29, 0.717) is 0 Å². The van der Waals surface area contributed by atoms with Gasteiger partial charge in [-0.25, -0.2) is 0 Å². The molecule has 2 aromatic carbocycles. The van der Waals surface area contributed by atoms with Gasteiger partial charge in [-0.2, -0.15) is 0 Å². The van der Waals surface area contributed by atoms with E-state index in [-0.39, 0.29) is 6.04 Å². The van der Waals surface area contributed by atoms with Gasteiger partial charge in [0.1, 0.15) is 5.75 Å². The van der Waals surface area contributed by atoms with Crippen LogP contribution in [0.3, 0.4) is 0 Å². The molecule has 2 nitrogen and oxygen atoms in total. The van der Waals surface area contributed by atoms with E-state index in [1.54, 1.807) is 7.11 Å². The first-order valence-electron chi connectivity index (χ1n) is 7.08. The Morgan fingerprint density at radius 1 is 1.05 bits per heavy atom. The Morgan fingerprint density at radius 2 is 1.79 bits per heavy atom. The summed E-state index contributed by atoms with van der Waals surface area (Å²) in [5.74, 6) is 0.896. The van der Waals surface area contributed by atoms with E-state index in [0.717, 1.165) is 12.2 Å². The SMILES string of the molecule is CCCCCC(N)c1ccc2cc(OC)ccc2c1. The highest BCUT2D eigenvalue weighted by molar-refractivity contribution is 5.84. The minimum atomic E-state index is 0.151. The lowest BCUT2D eigenvalue weighted by molar-refractivity contribution is 0.415. The maximum Gasteiger partial charge on any atom is 0.119 e. The summed E-state index contributed by atoms with van der Waals surface area (Å²) in [5, 5.41) is 2.42. The molecule has 0 bridgehead atoms. The maximum atomic E-state index is 6.26. The van der Waals surface area contributed by atoms with Crippen molar-refractivity contribution < 1.29 is 4.74 Å². The smallest absolute Gasteiger partial charge is 0.119 e. The van der Waals surface area contributed by atoms with Crippen LogP contribution in [0.2, 0.25) is 0 Å². The van der Waals surface area contributed by atoms with E-state index in [2.05, 4.69) is 37.3 Å². The second-order valence-electron chi connectivity index (χ2n) is 5.07. The normalized spacial score (nSPS) is 12.6. The van der Waals surface area contributed by atoms with Crippen LogP contribution in [0.1, 0.15) is 44.2 Å². The molecule has 0 radical (unpaired) electrons. The molecule has 0 amide bonds. The van der Waals surface area contributed by atoms with Crippen LogP contribution in [0.25, 0.3) is 10.8 Å². The monoisotopic (exact) mass is 257 g/mol. The van der Waals surface area contributed by atoms with Gasteiger partial charge in [0.25, 0.3) is 0 Å². The Labute approximate surface area is 115 Å². The first kappa shape index (κ1) is 13.9. The summed E-state index contributed by atoms with van der Waals surface area (Å²) < 4.78 is 5.24. The van der Waals surface area contributed by atoms with Crippen molar-refractivity contribution in [1.29, 1.82) is 0 Å². The Hall–Kier alpha value is -1.54. The van der Waals surface area contributed by atoms with Crippen LogP contribution in [-0.4, -0.2) is 7.11 Å². The Kier molecular flexibility index (Phi) is 4.80. The van der Waals surface area contributed by atoms with E-state index in [1.165, 1.54) is 35.6 Å². The highest BCUT2D eigenvalue weighted by atomic mass is 16.5. The Morgan fingerprint density at radius 3 is 2.53 bits per heavy atom. The van der Waals surface area contributed by atoms with E-state index < -0.39 is 0 Å². The molecule has 0 heterocycles.